The standard InChI is InChI=1S/C15H10ClF4NO2/c16-10-6-12(18)11(17)5-9(10)14(22)21-7-8-3-1-2-4-13(8)23-15(19)20/h1-6,15H,7H2,(H,21,22). The number of rotatable bonds is 5. The Morgan fingerprint density at radius 3 is 2.52 bits per heavy atom. The summed E-state index contributed by atoms with van der Waals surface area (Å²) < 4.78 is 55.1. The van der Waals surface area contributed by atoms with E-state index >= 15 is 0 Å². The molecule has 8 heteroatoms. The quantitative estimate of drug-likeness (QED) is 0.652. The van der Waals surface area contributed by atoms with Crippen LogP contribution in [0.2, 0.25) is 5.02 Å². The van der Waals surface area contributed by atoms with Gasteiger partial charge in [0.05, 0.1) is 10.6 Å². The average Bonchev–Trinajstić information content (AvgIpc) is 2.49. The molecule has 0 spiro atoms. The fraction of sp³-hybridized carbons (Fsp3) is 0.133. The lowest BCUT2D eigenvalue weighted by atomic mass is 10.1. The lowest BCUT2D eigenvalue weighted by molar-refractivity contribution is -0.0504. The van der Waals surface area contributed by atoms with Crippen molar-refractivity contribution in [1.82, 2.24) is 5.32 Å². The first kappa shape index (κ1) is 17.1. The molecule has 2 aromatic carbocycles. The number of amides is 1. The third kappa shape index (κ3) is 4.35. The smallest absolute Gasteiger partial charge is 0.387 e. The summed E-state index contributed by atoms with van der Waals surface area (Å²) in [6, 6.07) is 7.21. The third-order valence-corrected chi connectivity index (χ3v) is 3.20. The van der Waals surface area contributed by atoms with E-state index in [0.717, 1.165) is 0 Å². The second-order valence-electron chi connectivity index (χ2n) is 4.42. The fourth-order valence-corrected chi connectivity index (χ4v) is 2.06. The van der Waals surface area contributed by atoms with Crippen LogP contribution in [0, 0.1) is 11.6 Å². The van der Waals surface area contributed by atoms with Gasteiger partial charge in [-0.15, -0.1) is 0 Å². The molecule has 0 saturated heterocycles. The predicted octanol–water partition coefficient (Wildman–Crippen LogP) is 4.15. The molecule has 3 nitrogen and oxygen atoms in total. The van der Waals surface area contributed by atoms with Crippen molar-refractivity contribution in [3.63, 3.8) is 0 Å². The van der Waals surface area contributed by atoms with Crippen LogP contribution in [0.3, 0.4) is 0 Å². The van der Waals surface area contributed by atoms with Crippen LogP contribution in [0.25, 0.3) is 0 Å². The van der Waals surface area contributed by atoms with Crippen LogP contribution >= 0.6 is 11.6 Å². The summed E-state index contributed by atoms with van der Waals surface area (Å²) in [5.74, 6) is -3.27. The SMILES string of the molecule is O=C(NCc1ccccc1OC(F)F)c1cc(F)c(F)cc1Cl. The highest BCUT2D eigenvalue weighted by atomic mass is 35.5. The van der Waals surface area contributed by atoms with Crippen LogP contribution in [-0.2, 0) is 6.54 Å². The number of benzene rings is 2. The van der Waals surface area contributed by atoms with E-state index in [0.29, 0.717) is 17.7 Å². The molecular weight excluding hydrogens is 338 g/mol. The molecule has 0 unspecified atom stereocenters. The Morgan fingerprint density at radius 1 is 1.17 bits per heavy atom. The molecule has 0 fully saturated rings. The van der Waals surface area contributed by atoms with Gasteiger partial charge in [-0.25, -0.2) is 8.78 Å². The van der Waals surface area contributed by atoms with Gasteiger partial charge in [0.25, 0.3) is 5.91 Å². The number of hydrogen-bond acceptors (Lipinski definition) is 2. The number of ether oxygens (including phenoxy) is 1. The highest BCUT2D eigenvalue weighted by Crippen LogP contribution is 2.22. The number of hydrogen-bond donors (Lipinski definition) is 1. The zero-order valence-electron chi connectivity index (χ0n) is 11.5. The summed E-state index contributed by atoms with van der Waals surface area (Å²) in [5.41, 5.74) is 0.0256. The maximum Gasteiger partial charge on any atom is 0.387 e. The molecule has 122 valence electrons. The molecule has 0 radical (unpaired) electrons. The van der Waals surface area contributed by atoms with Gasteiger partial charge in [0, 0.05) is 12.1 Å². The number of carbonyl (C=O) groups excluding carboxylic acids is 1. The molecule has 23 heavy (non-hydrogen) atoms. The van der Waals surface area contributed by atoms with Crippen LogP contribution in [-0.4, -0.2) is 12.5 Å². The number of alkyl halides is 2. The first-order chi connectivity index (χ1) is 10.9. The van der Waals surface area contributed by atoms with E-state index in [9.17, 15) is 22.4 Å². The largest absolute Gasteiger partial charge is 0.434 e. The van der Waals surface area contributed by atoms with Crippen molar-refractivity contribution in [1.29, 1.82) is 0 Å². The lowest BCUT2D eigenvalue weighted by Gasteiger charge is -2.12. The Hall–Kier alpha value is -2.28. The van der Waals surface area contributed by atoms with Gasteiger partial charge in [-0.05, 0) is 18.2 Å². The number of nitrogens with one attached hydrogen (secondary N) is 1. The minimum absolute atomic E-state index is 0.0980. The molecule has 0 atom stereocenters. The summed E-state index contributed by atoms with van der Waals surface area (Å²) >= 11 is 5.69. The maximum atomic E-state index is 13.2. The summed E-state index contributed by atoms with van der Waals surface area (Å²) in [6.45, 7) is -3.16. The molecule has 1 amide bonds. The minimum atomic E-state index is -3.01. The summed E-state index contributed by atoms with van der Waals surface area (Å²) in [5, 5.41) is 2.11. The van der Waals surface area contributed by atoms with E-state index in [1.54, 1.807) is 6.07 Å². The third-order valence-electron chi connectivity index (χ3n) is 2.88. The zero-order chi connectivity index (χ0) is 17.0. The lowest BCUT2D eigenvalue weighted by Crippen LogP contribution is -2.24. The van der Waals surface area contributed by atoms with E-state index in [1.165, 1.54) is 18.2 Å². The van der Waals surface area contributed by atoms with Gasteiger partial charge in [0.1, 0.15) is 5.75 Å². The highest BCUT2D eigenvalue weighted by Gasteiger charge is 2.16. The number of carbonyl (C=O) groups is 1. The van der Waals surface area contributed by atoms with Crippen LogP contribution < -0.4 is 10.1 Å². The van der Waals surface area contributed by atoms with Crippen LogP contribution in [0.5, 0.6) is 5.75 Å². The monoisotopic (exact) mass is 347 g/mol. The summed E-state index contributed by atoms with van der Waals surface area (Å²) in [7, 11) is 0. The van der Waals surface area contributed by atoms with E-state index < -0.39 is 24.2 Å². The second-order valence-corrected chi connectivity index (χ2v) is 4.82. The predicted molar refractivity (Wildman–Crippen MR) is 75.6 cm³/mol. The molecule has 2 aromatic rings. The molecule has 1 N–H and O–H groups in total. The number of para-hydroxylation sites is 1. The highest BCUT2D eigenvalue weighted by molar-refractivity contribution is 6.33. The van der Waals surface area contributed by atoms with Crippen molar-refractivity contribution in [3.05, 3.63) is 64.2 Å². The van der Waals surface area contributed by atoms with Gasteiger partial charge in [-0.2, -0.15) is 8.78 Å². The molecule has 0 aromatic heterocycles. The molecule has 2 rings (SSSR count). The van der Waals surface area contributed by atoms with E-state index in [1.807, 2.05) is 0 Å². The van der Waals surface area contributed by atoms with Gasteiger partial charge < -0.3 is 10.1 Å². The molecule has 0 aliphatic carbocycles. The molecule has 0 aliphatic rings. The fourth-order valence-electron chi connectivity index (χ4n) is 1.83. The van der Waals surface area contributed by atoms with Gasteiger partial charge in [0.15, 0.2) is 11.6 Å². The Morgan fingerprint density at radius 2 is 1.83 bits per heavy atom. The molecular formula is C15H10ClF4NO2. The van der Waals surface area contributed by atoms with Crippen LogP contribution in [0.15, 0.2) is 36.4 Å². The number of halogens is 5. The van der Waals surface area contributed by atoms with Crippen molar-refractivity contribution in [2.24, 2.45) is 0 Å². The van der Waals surface area contributed by atoms with E-state index in [4.69, 9.17) is 11.6 Å². The van der Waals surface area contributed by atoms with Crippen molar-refractivity contribution in [2.75, 3.05) is 0 Å². The Labute approximate surface area is 133 Å². The summed E-state index contributed by atoms with van der Waals surface area (Å²) in [6.07, 6.45) is 0. The van der Waals surface area contributed by atoms with Gasteiger partial charge in [-0.3, -0.25) is 4.79 Å². The Balaban J connectivity index is 2.12. The van der Waals surface area contributed by atoms with Crippen molar-refractivity contribution < 1.29 is 27.1 Å². The van der Waals surface area contributed by atoms with Crippen molar-refractivity contribution >= 4 is 17.5 Å². The first-order valence-electron chi connectivity index (χ1n) is 6.34. The van der Waals surface area contributed by atoms with Gasteiger partial charge >= 0.3 is 6.61 Å². The second kappa shape index (κ2) is 7.32. The minimum Gasteiger partial charge on any atom is -0.434 e. The normalized spacial score (nSPS) is 10.7. The maximum absolute atomic E-state index is 13.2. The molecule has 0 aliphatic heterocycles. The molecule has 0 saturated carbocycles. The van der Waals surface area contributed by atoms with Crippen LogP contribution in [0.4, 0.5) is 17.6 Å². The topological polar surface area (TPSA) is 38.3 Å². The van der Waals surface area contributed by atoms with Crippen LogP contribution in [0.1, 0.15) is 15.9 Å². The Bertz CT molecular complexity index is 725. The van der Waals surface area contributed by atoms with Gasteiger partial charge in [-0.1, -0.05) is 29.8 Å². The Kier molecular flexibility index (Phi) is 5.44. The van der Waals surface area contributed by atoms with E-state index in [-0.39, 0.29) is 22.9 Å². The van der Waals surface area contributed by atoms with Crippen molar-refractivity contribution in [3.8, 4) is 5.75 Å². The van der Waals surface area contributed by atoms with Gasteiger partial charge in [0.2, 0.25) is 0 Å². The average molecular weight is 348 g/mol. The van der Waals surface area contributed by atoms with Crippen molar-refractivity contribution in [2.45, 2.75) is 13.2 Å². The van der Waals surface area contributed by atoms with E-state index in [2.05, 4.69) is 10.1 Å². The molecule has 0 bridgehead atoms. The summed E-state index contributed by atoms with van der Waals surface area (Å²) in [4.78, 5) is 12.0. The molecule has 0 heterocycles. The first-order valence-corrected chi connectivity index (χ1v) is 6.71. The zero-order valence-corrected chi connectivity index (χ0v) is 12.2.